The Kier molecular flexibility index (Phi) is 4.09. The average molecular weight is 368 g/mol. The average Bonchev–Trinajstić information content (AvgIpc) is 2.85. The van der Waals surface area contributed by atoms with Crippen LogP contribution in [0.25, 0.3) is 11.0 Å². The first-order valence-electron chi connectivity index (χ1n) is 8.39. The summed E-state index contributed by atoms with van der Waals surface area (Å²) < 4.78 is 2.28. The van der Waals surface area contributed by atoms with Crippen LogP contribution in [0.3, 0.4) is 0 Å². The summed E-state index contributed by atoms with van der Waals surface area (Å²) in [5, 5.41) is 10.2. The molecule has 1 aliphatic carbocycles. The lowest BCUT2D eigenvalue weighted by Gasteiger charge is -2.35. The topological polar surface area (TPSA) is 58.4 Å². The normalized spacial score (nSPS) is 19.7. The molecule has 0 amide bonds. The zero-order valence-electron chi connectivity index (χ0n) is 13.2. The van der Waals surface area contributed by atoms with Gasteiger partial charge in [-0.05, 0) is 44.2 Å². The molecule has 128 valence electrons. The van der Waals surface area contributed by atoms with E-state index in [0.29, 0.717) is 42.0 Å². The molecule has 5 nitrogen and oxygen atoms in total. The highest BCUT2D eigenvalue weighted by molar-refractivity contribution is 6.42. The van der Waals surface area contributed by atoms with Crippen LogP contribution in [0.15, 0.2) is 12.1 Å². The monoisotopic (exact) mass is 367 g/mol. The molecule has 1 N–H and O–H groups in total. The predicted molar refractivity (Wildman–Crippen MR) is 95.2 cm³/mol. The van der Waals surface area contributed by atoms with Crippen LogP contribution in [0.4, 0.5) is 5.95 Å². The van der Waals surface area contributed by atoms with Crippen molar-refractivity contribution >= 4 is 46.2 Å². The van der Waals surface area contributed by atoms with Gasteiger partial charge in [-0.2, -0.15) is 0 Å². The summed E-state index contributed by atoms with van der Waals surface area (Å²) in [6, 6.07) is 4.17. The predicted octanol–water partition coefficient (Wildman–Crippen LogP) is 4.37. The molecule has 1 saturated carbocycles. The second-order valence-corrected chi connectivity index (χ2v) is 7.54. The first kappa shape index (κ1) is 16.0. The van der Waals surface area contributed by atoms with Crippen LogP contribution >= 0.6 is 23.2 Å². The van der Waals surface area contributed by atoms with E-state index in [1.54, 1.807) is 0 Å². The maximum atomic E-state index is 11.2. The molecule has 0 atom stereocenters. The van der Waals surface area contributed by atoms with Crippen molar-refractivity contribution in [2.75, 3.05) is 18.0 Å². The summed E-state index contributed by atoms with van der Waals surface area (Å²) >= 11 is 12.4. The van der Waals surface area contributed by atoms with Gasteiger partial charge in [0.1, 0.15) is 0 Å². The fourth-order valence-electron chi connectivity index (χ4n) is 3.63. The van der Waals surface area contributed by atoms with E-state index in [9.17, 15) is 9.90 Å². The van der Waals surface area contributed by atoms with E-state index in [-0.39, 0.29) is 5.92 Å². The number of carbonyl (C=O) groups is 1. The lowest BCUT2D eigenvalue weighted by atomic mass is 9.92. The molecule has 2 fully saturated rings. The van der Waals surface area contributed by atoms with Crippen molar-refractivity contribution in [2.24, 2.45) is 5.92 Å². The van der Waals surface area contributed by atoms with Crippen LogP contribution in [0.2, 0.25) is 10.0 Å². The fraction of sp³-hybridized carbons (Fsp3) is 0.529. The van der Waals surface area contributed by atoms with Gasteiger partial charge in [-0.25, -0.2) is 4.98 Å². The van der Waals surface area contributed by atoms with Crippen molar-refractivity contribution in [1.82, 2.24) is 9.55 Å². The number of hydrogen-bond donors (Lipinski definition) is 1. The van der Waals surface area contributed by atoms with Crippen LogP contribution < -0.4 is 4.90 Å². The highest BCUT2D eigenvalue weighted by Crippen LogP contribution is 2.40. The van der Waals surface area contributed by atoms with E-state index in [4.69, 9.17) is 28.2 Å². The summed E-state index contributed by atoms with van der Waals surface area (Å²) in [6.45, 7) is 1.43. The van der Waals surface area contributed by atoms with Gasteiger partial charge >= 0.3 is 5.97 Å². The number of aliphatic carboxylic acids is 1. The SMILES string of the molecule is O=C(O)C1CCN(c2nc3cc(Cl)c(Cl)cc3n2C2CCC2)CC1. The number of carboxylic acid groups (broad SMARTS) is 1. The first-order chi connectivity index (χ1) is 11.5. The zero-order valence-corrected chi connectivity index (χ0v) is 14.7. The lowest BCUT2D eigenvalue weighted by Crippen LogP contribution is -2.38. The Bertz CT molecular complexity index is 793. The van der Waals surface area contributed by atoms with Crippen molar-refractivity contribution in [3.8, 4) is 0 Å². The van der Waals surface area contributed by atoms with Crippen molar-refractivity contribution in [3.63, 3.8) is 0 Å². The molecule has 0 spiro atoms. The number of anilines is 1. The van der Waals surface area contributed by atoms with E-state index in [1.165, 1.54) is 6.42 Å². The molecule has 1 aromatic heterocycles. The quantitative estimate of drug-likeness (QED) is 0.874. The molecule has 2 heterocycles. The number of benzene rings is 1. The van der Waals surface area contributed by atoms with Gasteiger partial charge in [0.05, 0.1) is 27.0 Å². The van der Waals surface area contributed by atoms with Gasteiger partial charge < -0.3 is 14.6 Å². The van der Waals surface area contributed by atoms with E-state index in [2.05, 4.69) is 9.47 Å². The summed E-state index contributed by atoms with van der Waals surface area (Å²) in [4.78, 5) is 18.2. The third kappa shape index (κ3) is 2.64. The van der Waals surface area contributed by atoms with Gasteiger partial charge in [-0.3, -0.25) is 4.79 Å². The number of imidazole rings is 1. The number of halogens is 2. The Morgan fingerprint density at radius 1 is 1.12 bits per heavy atom. The Labute approximate surface area is 150 Å². The molecule has 0 radical (unpaired) electrons. The van der Waals surface area contributed by atoms with E-state index < -0.39 is 5.97 Å². The van der Waals surface area contributed by atoms with Gasteiger partial charge in [-0.15, -0.1) is 0 Å². The molecule has 1 aromatic carbocycles. The number of fused-ring (bicyclic) bond motifs is 1. The Balaban J connectivity index is 1.73. The highest BCUT2D eigenvalue weighted by atomic mass is 35.5. The van der Waals surface area contributed by atoms with Crippen molar-refractivity contribution in [1.29, 1.82) is 0 Å². The molecule has 24 heavy (non-hydrogen) atoms. The summed E-state index contributed by atoms with van der Waals surface area (Å²) in [5.74, 6) is -0.00995. The summed E-state index contributed by atoms with van der Waals surface area (Å²) in [5.41, 5.74) is 1.87. The summed E-state index contributed by atoms with van der Waals surface area (Å²) in [6.07, 6.45) is 4.83. The van der Waals surface area contributed by atoms with Gasteiger partial charge in [0.25, 0.3) is 0 Å². The van der Waals surface area contributed by atoms with Gasteiger partial charge in [0, 0.05) is 19.1 Å². The van der Waals surface area contributed by atoms with Gasteiger partial charge in [0.15, 0.2) is 0 Å². The van der Waals surface area contributed by atoms with Crippen LogP contribution in [0, 0.1) is 5.92 Å². The standard InChI is InChI=1S/C17H19Cl2N3O2/c18-12-8-14-15(9-13(12)19)22(11-2-1-3-11)17(20-14)21-6-4-10(5-7-21)16(23)24/h8-11H,1-7H2,(H,23,24). The minimum absolute atomic E-state index is 0.244. The number of carboxylic acids is 1. The lowest BCUT2D eigenvalue weighted by molar-refractivity contribution is -0.142. The number of rotatable bonds is 3. The molecule has 0 bridgehead atoms. The highest BCUT2D eigenvalue weighted by Gasteiger charge is 2.31. The Morgan fingerprint density at radius 2 is 1.79 bits per heavy atom. The second kappa shape index (κ2) is 6.12. The Morgan fingerprint density at radius 3 is 2.38 bits per heavy atom. The van der Waals surface area contributed by atoms with Gasteiger partial charge in [-0.1, -0.05) is 23.2 Å². The maximum Gasteiger partial charge on any atom is 0.306 e. The zero-order chi connectivity index (χ0) is 16.8. The third-order valence-corrected chi connectivity index (χ3v) is 6.00. The number of nitrogens with zero attached hydrogens (tertiary/aromatic N) is 3. The van der Waals surface area contributed by atoms with Crippen molar-refractivity contribution < 1.29 is 9.90 Å². The fourth-order valence-corrected chi connectivity index (χ4v) is 3.95. The number of hydrogen-bond acceptors (Lipinski definition) is 3. The van der Waals surface area contributed by atoms with Crippen LogP contribution in [0.1, 0.15) is 38.1 Å². The molecule has 1 saturated heterocycles. The van der Waals surface area contributed by atoms with E-state index >= 15 is 0 Å². The molecule has 0 unspecified atom stereocenters. The summed E-state index contributed by atoms with van der Waals surface area (Å²) in [7, 11) is 0. The van der Waals surface area contributed by atoms with Crippen LogP contribution in [-0.4, -0.2) is 33.7 Å². The van der Waals surface area contributed by atoms with E-state index in [1.807, 2.05) is 12.1 Å². The largest absolute Gasteiger partial charge is 0.481 e. The molecule has 2 aliphatic rings. The number of piperidine rings is 1. The van der Waals surface area contributed by atoms with Crippen molar-refractivity contribution in [3.05, 3.63) is 22.2 Å². The minimum atomic E-state index is -0.694. The first-order valence-corrected chi connectivity index (χ1v) is 9.15. The van der Waals surface area contributed by atoms with Crippen LogP contribution in [0.5, 0.6) is 0 Å². The molecule has 7 heteroatoms. The Hall–Kier alpha value is -1.46. The molecular formula is C17H19Cl2N3O2. The minimum Gasteiger partial charge on any atom is -0.481 e. The van der Waals surface area contributed by atoms with Crippen LogP contribution in [-0.2, 0) is 4.79 Å². The van der Waals surface area contributed by atoms with E-state index in [0.717, 1.165) is 29.8 Å². The molecular weight excluding hydrogens is 349 g/mol. The van der Waals surface area contributed by atoms with Gasteiger partial charge in [0.2, 0.25) is 5.95 Å². The smallest absolute Gasteiger partial charge is 0.306 e. The second-order valence-electron chi connectivity index (χ2n) is 6.72. The third-order valence-electron chi connectivity index (χ3n) is 5.28. The molecule has 2 aromatic rings. The maximum absolute atomic E-state index is 11.2. The van der Waals surface area contributed by atoms with Crippen molar-refractivity contribution in [2.45, 2.75) is 38.1 Å². The molecule has 1 aliphatic heterocycles. The molecule has 4 rings (SSSR count). The number of aromatic nitrogens is 2.